The van der Waals surface area contributed by atoms with Crippen LogP contribution in [0.15, 0.2) is 36.9 Å². The van der Waals surface area contributed by atoms with Gasteiger partial charge in [0.05, 0.1) is 5.60 Å². The Hall–Kier alpha value is -2.21. The molecule has 1 saturated heterocycles. The number of carbonyl (C=O) groups excluding carboxylic acids is 1. The van der Waals surface area contributed by atoms with Crippen molar-refractivity contribution in [1.82, 2.24) is 20.1 Å². The normalized spacial score (nSPS) is 22.1. The van der Waals surface area contributed by atoms with E-state index in [0.717, 1.165) is 12.8 Å². The van der Waals surface area contributed by atoms with E-state index in [1.807, 2.05) is 4.57 Å². The SMILES string of the molecule is Cc1ccccc1C1(CC(=O)NCCn2cnnc2)CCOC(C)(C)C1. The molecule has 0 aliphatic carbocycles. The van der Waals surface area contributed by atoms with Crippen molar-refractivity contribution in [3.8, 4) is 0 Å². The lowest BCUT2D eigenvalue weighted by Crippen LogP contribution is -2.47. The van der Waals surface area contributed by atoms with Gasteiger partial charge in [0.25, 0.3) is 0 Å². The van der Waals surface area contributed by atoms with E-state index in [9.17, 15) is 4.79 Å². The third-order valence-corrected chi connectivity index (χ3v) is 5.21. The van der Waals surface area contributed by atoms with E-state index in [1.165, 1.54) is 11.1 Å². The van der Waals surface area contributed by atoms with Crippen molar-refractivity contribution in [2.75, 3.05) is 13.2 Å². The quantitative estimate of drug-likeness (QED) is 0.864. The summed E-state index contributed by atoms with van der Waals surface area (Å²) in [6.45, 7) is 8.27. The number of hydrogen-bond donors (Lipinski definition) is 1. The molecule has 6 heteroatoms. The fourth-order valence-electron chi connectivity index (χ4n) is 4.15. The minimum absolute atomic E-state index is 0.0824. The Morgan fingerprint density at radius 2 is 2.00 bits per heavy atom. The van der Waals surface area contributed by atoms with E-state index in [4.69, 9.17) is 4.74 Å². The molecule has 140 valence electrons. The molecule has 1 unspecified atom stereocenters. The number of hydrogen-bond acceptors (Lipinski definition) is 4. The third kappa shape index (κ3) is 4.30. The van der Waals surface area contributed by atoms with Gasteiger partial charge in [-0.2, -0.15) is 0 Å². The number of ether oxygens (including phenoxy) is 1. The van der Waals surface area contributed by atoms with E-state index < -0.39 is 0 Å². The van der Waals surface area contributed by atoms with Crippen LogP contribution < -0.4 is 5.32 Å². The average Bonchev–Trinajstić information content (AvgIpc) is 3.07. The molecule has 2 aromatic rings. The van der Waals surface area contributed by atoms with Crippen molar-refractivity contribution in [1.29, 1.82) is 0 Å². The highest BCUT2D eigenvalue weighted by Gasteiger charge is 2.44. The number of aromatic nitrogens is 3. The van der Waals surface area contributed by atoms with Crippen LogP contribution in [0, 0.1) is 6.92 Å². The van der Waals surface area contributed by atoms with Gasteiger partial charge in [0.2, 0.25) is 5.91 Å². The number of nitrogens with zero attached hydrogens (tertiary/aromatic N) is 3. The van der Waals surface area contributed by atoms with Crippen molar-refractivity contribution in [2.24, 2.45) is 0 Å². The van der Waals surface area contributed by atoms with Gasteiger partial charge >= 0.3 is 0 Å². The zero-order chi connectivity index (χ0) is 18.6. The smallest absolute Gasteiger partial charge is 0.220 e. The largest absolute Gasteiger partial charge is 0.376 e. The maximum absolute atomic E-state index is 12.7. The van der Waals surface area contributed by atoms with Crippen LogP contribution in [0.4, 0.5) is 0 Å². The second-order valence-electron chi connectivity index (χ2n) is 7.86. The first-order valence-corrected chi connectivity index (χ1v) is 9.19. The monoisotopic (exact) mass is 356 g/mol. The molecule has 1 aliphatic heterocycles. The molecule has 2 heterocycles. The van der Waals surface area contributed by atoms with E-state index >= 15 is 0 Å². The average molecular weight is 356 g/mol. The first-order valence-electron chi connectivity index (χ1n) is 9.19. The maximum atomic E-state index is 12.7. The van der Waals surface area contributed by atoms with Gasteiger partial charge in [-0.05, 0) is 44.7 Å². The van der Waals surface area contributed by atoms with Crippen LogP contribution in [0.25, 0.3) is 0 Å². The Labute approximate surface area is 155 Å². The Bertz CT molecular complexity index is 742. The zero-order valence-corrected chi connectivity index (χ0v) is 15.9. The predicted molar refractivity (Wildman–Crippen MR) is 99.8 cm³/mol. The van der Waals surface area contributed by atoms with Crippen LogP contribution in [0.1, 0.15) is 44.2 Å². The molecular weight excluding hydrogens is 328 g/mol. The fourth-order valence-corrected chi connectivity index (χ4v) is 4.15. The number of benzene rings is 1. The Kier molecular flexibility index (Phi) is 5.41. The van der Waals surface area contributed by atoms with Gasteiger partial charge in [-0.15, -0.1) is 10.2 Å². The lowest BCUT2D eigenvalue weighted by molar-refractivity contribution is -0.126. The minimum atomic E-state index is -0.233. The van der Waals surface area contributed by atoms with Crippen LogP contribution in [0.3, 0.4) is 0 Å². The molecule has 1 fully saturated rings. The summed E-state index contributed by atoms with van der Waals surface area (Å²) in [4.78, 5) is 12.7. The zero-order valence-electron chi connectivity index (χ0n) is 15.9. The molecule has 1 aliphatic rings. The van der Waals surface area contributed by atoms with Crippen molar-refractivity contribution in [3.63, 3.8) is 0 Å². The summed E-state index contributed by atoms with van der Waals surface area (Å²) in [5.41, 5.74) is 2.09. The van der Waals surface area contributed by atoms with Crippen LogP contribution in [-0.2, 0) is 21.5 Å². The lowest BCUT2D eigenvalue weighted by atomic mass is 9.66. The molecule has 0 saturated carbocycles. The molecule has 26 heavy (non-hydrogen) atoms. The summed E-state index contributed by atoms with van der Waals surface area (Å²) in [5, 5.41) is 10.6. The molecule has 0 spiro atoms. The highest BCUT2D eigenvalue weighted by atomic mass is 16.5. The first-order chi connectivity index (χ1) is 12.4. The van der Waals surface area contributed by atoms with Gasteiger partial charge in [-0.3, -0.25) is 4.79 Å². The summed E-state index contributed by atoms with van der Waals surface area (Å²) in [7, 11) is 0. The first kappa shape index (κ1) is 18.6. The Balaban J connectivity index is 1.73. The molecule has 0 bridgehead atoms. The van der Waals surface area contributed by atoms with Crippen LogP contribution in [0.2, 0.25) is 0 Å². The number of carbonyl (C=O) groups is 1. The number of nitrogens with one attached hydrogen (secondary N) is 1. The summed E-state index contributed by atoms with van der Waals surface area (Å²) in [6, 6.07) is 8.41. The molecule has 1 aromatic heterocycles. The highest BCUT2D eigenvalue weighted by molar-refractivity contribution is 5.77. The van der Waals surface area contributed by atoms with Gasteiger partial charge in [0.15, 0.2) is 0 Å². The fraction of sp³-hybridized carbons (Fsp3) is 0.550. The molecule has 1 aromatic carbocycles. The van der Waals surface area contributed by atoms with E-state index in [-0.39, 0.29) is 16.9 Å². The van der Waals surface area contributed by atoms with Gasteiger partial charge in [0.1, 0.15) is 12.7 Å². The van der Waals surface area contributed by atoms with Crippen molar-refractivity contribution >= 4 is 5.91 Å². The summed E-state index contributed by atoms with van der Waals surface area (Å²) in [6.07, 6.45) is 5.49. The maximum Gasteiger partial charge on any atom is 0.220 e. The van der Waals surface area contributed by atoms with Crippen molar-refractivity contribution in [3.05, 3.63) is 48.0 Å². The summed E-state index contributed by atoms with van der Waals surface area (Å²) >= 11 is 0. The van der Waals surface area contributed by atoms with Crippen molar-refractivity contribution < 1.29 is 9.53 Å². The second-order valence-corrected chi connectivity index (χ2v) is 7.86. The van der Waals surface area contributed by atoms with E-state index in [2.05, 4.69) is 60.6 Å². The van der Waals surface area contributed by atoms with Crippen LogP contribution >= 0.6 is 0 Å². The summed E-state index contributed by atoms with van der Waals surface area (Å²) < 4.78 is 7.80. The van der Waals surface area contributed by atoms with Crippen LogP contribution in [-0.4, -0.2) is 39.4 Å². The Morgan fingerprint density at radius 1 is 1.27 bits per heavy atom. The van der Waals surface area contributed by atoms with E-state index in [0.29, 0.717) is 26.1 Å². The molecule has 1 atom stereocenters. The molecular formula is C20H28N4O2. The number of aryl methyl sites for hydroxylation is 1. The van der Waals surface area contributed by atoms with E-state index in [1.54, 1.807) is 12.7 Å². The molecule has 1 amide bonds. The topological polar surface area (TPSA) is 69.0 Å². The lowest BCUT2D eigenvalue weighted by Gasteiger charge is -2.45. The highest BCUT2D eigenvalue weighted by Crippen LogP contribution is 2.45. The second kappa shape index (κ2) is 7.58. The summed E-state index contributed by atoms with van der Waals surface area (Å²) in [5.74, 6) is 0.0824. The Morgan fingerprint density at radius 3 is 2.69 bits per heavy atom. The number of amides is 1. The molecule has 0 radical (unpaired) electrons. The van der Waals surface area contributed by atoms with Crippen LogP contribution in [0.5, 0.6) is 0 Å². The number of rotatable bonds is 6. The standard InChI is InChI=1S/C20H28N4O2/c1-16-6-4-5-7-17(16)20(8-11-26-19(2,3)13-20)12-18(25)21-9-10-24-14-22-23-15-24/h4-7,14-15H,8-13H2,1-3H3,(H,21,25). The third-order valence-electron chi connectivity index (χ3n) is 5.21. The van der Waals surface area contributed by atoms with Crippen molar-refractivity contribution in [2.45, 2.75) is 57.6 Å². The molecule has 6 nitrogen and oxygen atoms in total. The molecule has 3 rings (SSSR count). The van der Waals surface area contributed by atoms with Gasteiger partial charge < -0.3 is 14.6 Å². The van der Waals surface area contributed by atoms with Gasteiger partial charge in [-0.25, -0.2) is 0 Å². The molecule has 1 N–H and O–H groups in total. The van der Waals surface area contributed by atoms with Gasteiger partial charge in [0, 0.05) is 31.5 Å². The minimum Gasteiger partial charge on any atom is -0.376 e. The van der Waals surface area contributed by atoms with Gasteiger partial charge in [-0.1, -0.05) is 24.3 Å². The predicted octanol–water partition coefficient (Wildman–Crippen LogP) is 2.62.